The highest BCUT2D eigenvalue weighted by Gasteiger charge is 2.27. The molecule has 5 nitrogen and oxygen atoms in total. The number of nitriles is 1. The van der Waals surface area contributed by atoms with Crippen molar-refractivity contribution in [2.75, 3.05) is 29.9 Å². The fraction of sp³-hybridized carbons (Fsp3) is 0.353. The maximum absolute atomic E-state index is 13.8. The van der Waals surface area contributed by atoms with Crippen LogP contribution in [0.1, 0.15) is 17.7 Å². The molecule has 0 bridgehead atoms. The molecule has 6 heteroatoms. The number of hydrogen-bond donors (Lipinski definition) is 0. The van der Waals surface area contributed by atoms with Gasteiger partial charge in [0.05, 0.1) is 11.6 Å². The van der Waals surface area contributed by atoms with E-state index >= 15 is 0 Å². The van der Waals surface area contributed by atoms with Crippen molar-refractivity contribution in [3.8, 4) is 6.07 Å². The van der Waals surface area contributed by atoms with Crippen LogP contribution in [-0.4, -0.2) is 36.1 Å². The third kappa shape index (κ3) is 3.09. The van der Waals surface area contributed by atoms with Crippen molar-refractivity contribution >= 4 is 11.6 Å². The van der Waals surface area contributed by atoms with Crippen LogP contribution in [0.15, 0.2) is 30.5 Å². The van der Waals surface area contributed by atoms with E-state index in [0.717, 1.165) is 30.9 Å². The van der Waals surface area contributed by atoms with Gasteiger partial charge in [-0.1, -0.05) is 0 Å². The van der Waals surface area contributed by atoms with Crippen LogP contribution in [0, 0.1) is 24.1 Å². The van der Waals surface area contributed by atoms with Crippen LogP contribution in [-0.2, 0) is 0 Å². The minimum atomic E-state index is -0.469. The van der Waals surface area contributed by atoms with Gasteiger partial charge in [-0.05, 0) is 37.6 Å². The van der Waals surface area contributed by atoms with Gasteiger partial charge in [0.2, 0.25) is 5.95 Å². The maximum atomic E-state index is 13.8. The van der Waals surface area contributed by atoms with Gasteiger partial charge in [0.25, 0.3) is 0 Å². The number of hydrogen-bond acceptors (Lipinski definition) is 5. The van der Waals surface area contributed by atoms with Crippen molar-refractivity contribution < 1.29 is 4.39 Å². The lowest BCUT2D eigenvalue weighted by Gasteiger charge is -2.25. The Morgan fingerprint density at radius 1 is 1.39 bits per heavy atom. The van der Waals surface area contributed by atoms with E-state index < -0.39 is 5.82 Å². The number of halogens is 1. The molecule has 2 heterocycles. The first-order valence-electron chi connectivity index (χ1n) is 7.55. The van der Waals surface area contributed by atoms with Crippen molar-refractivity contribution in [1.29, 1.82) is 5.26 Å². The normalized spacial score (nSPS) is 17.1. The van der Waals surface area contributed by atoms with Gasteiger partial charge in [-0.15, -0.1) is 0 Å². The summed E-state index contributed by atoms with van der Waals surface area (Å²) >= 11 is 0. The van der Waals surface area contributed by atoms with Gasteiger partial charge in [0.15, 0.2) is 0 Å². The molecule has 0 amide bonds. The Morgan fingerprint density at radius 2 is 2.22 bits per heavy atom. The predicted molar refractivity (Wildman–Crippen MR) is 86.9 cm³/mol. The predicted octanol–water partition coefficient (Wildman–Crippen LogP) is 2.51. The molecule has 23 heavy (non-hydrogen) atoms. The summed E-state index contributed by atoms with van der Waals surface area (Å²) in [7, 11) is 1.99. The Kier molecular flexibility index (Phi) is 4.11. The van der Waals surface area contributed by atoms with Crippen LogP contribution in [0.3, 0.4) is 0 Å². The number of likely N-dealkylation sites (N-methyl/N-ethyl adjacent to an activating group) is 1. The molecule has 0 N–H and O–H groups in total. The number of aromatic nitrogens is 2. The molecule has 1 unspecified atom stereocenters. The zero-order valence-electron chi connectivity index (χ0n) is 13.2. The van der Waals surface area contributed by atoms with Crippen LogP contribution in [0.25, 0.3) is 0 Å². The van der Waals surface area contributed by atoms with Gasteiger partial charge >= 0.3 is 0 Å². The molecule has 0 aliphatic carbocycles. The van der Waals surface area contributed by atoms with Gasteiger partial charge in [-0.2, -0.15) is 5.26 Å². The van der Waals surface area contributed by atoms with Crippen molar-refractivity contribution in [2.45, 2.75) is 19.4 Å². The average molecular weight is 311 g/mol. The molecule has 0 spiro atoms. The van der Waals surface area contributed by atoms with E-state index in [1.54, 1.807) is 12.3 Å². The second kappa shape index (κ2) is 6.21. The van der Waals surface area contributed by atoms with Crippen molar-refractivity contribution in [3.63, 3.8) is 0 Å². The largest absolute Gasteiger partial charge is 0.369 e. The second-order valence-electron chi connectivity index (χ2n) is 5.77. The first-order chi connectivity index (χ1) is 11.1. The minimum Gasteiger partial charge on any atom is -0.369 e. The van der Waals surface area contributed by atoms with Crippen LogP contribution in [0.5, 0.6) is 0 Å². The molecule has 118 valence electrons. The lowest BCUT2D eigenvalue weighted by Crippen LogP contribution is -2.35. The molecule has 2 aromatic rings. The number of nitrogens with zero attached hydrogens (tertiary/aromatic N) is 5. The molecule has 1 atom stereocenters. The number of aryl methyl sites for hydroxylation is 1. The van der Waals surface area contributed by atoms with Gasteiger partial charge in [-0.25, -0.2) is 14.4 Å². The van der Waals surface area contributed by atoms with E-state index in [4.69, 9.17) is 5.26 Å². The molecule has 1 fully saturated rings. The highest BCUT2D eigenvalue weighted by Crippen LogP contribution is 2.25. The molecule has 1 aromatic heterocycles. The van der Waals surface area contributed by atoms with E-state index in [1.807, 2.05) is 26.1 Å². The molecule has 0 radical (unpaired) electrons. The van der Waals surface area contributed by atoms with E-state index in [0.29, 0.717) is 5.95 Å². The number of rotatable bonds is 3. The lowest BCUT2D eigenvalue weighted by molar-refractivity contribution is 0.623. The minimum absolute atomic E-state index is 0.0785. The summed E-state index contributed by atoms with van der Waals surface area (Å²) in [6.45, 7) is 3.56. The van der Waals surface area contributed by atoms with E-state index in [-0.39, 0.29) is 11.6 Å². The fourth-order valence-electron chi connectivity index (χ4n) is 2.85. The molecule has 1 aliphatic heterocycles. The number of benzene rings is 1. The van der Waals surface area contributed by atoms with Crippen LogP contribution < -0.4 is 9.80 Å². The highest BCUT2D eigenvalue weighted by atomic mass is 19.1. The van der Waals surface area contributed by atoms with Crippen LogP contribution in [0.4, 0.5) is 16.0 Å². The molecule has 1 saturated heterocycles. The molecule has 1 aromatic carbocycles. The Morgan fingerprint density at radius 3 is 2.91 bits per heavy atom. The van der Waals surface area contributed by atoms with Gasteiger partial charge in [0, 0.05) is 37.7 Å². The molecular weight excluding hydrogens is 293 g/mol. The second-order valence-corrected chi connectivity index (χ2v) is 5.77. The smallest absolute Gasteiger partial charge is 0.225 e. The summed E-state index contributed by atoms with van der Waals surface area (Å²) in [6.07, 6.45) is 2.71. The molecule has 3 rings (SSSR count). The van der Waals surface area contributed by atoms with E-state index in [9.17, 15) is 4.39 Å². The zero-order chi connectivity index (χ0) is 16.4. The Bertz CT molecular complexity index is 755. The first kappa shape index (κ1) is 15.2. The van der Waals surface area contributed by atoms with Crippen molar-refractivity contribution in [1.82, 2.24) is 9.97 Å². The Balaban J connectivity index is 1.73. The van der Waals surface area contributed by atoms with Gasteiger partial charge < -0.3 is 9.80 Å². The van der Waals surface area contributed by atoms with Crippen LogP contribution in [0.2, 0.25) is 0 Å². The van der Waals surface area contributed by atoms with Gasteiger partial charge in [0.1, 0.15) is 11.9 Å². The summed E-state index contributed by atoms with van der Waals surface area (Å²) in [6, 6.07) is 8.76. The number of anilines is 2. The lowest BCUT2D eigenvalue weighted by atomic mass is 10.2. The van der Waals surface area contributed by atoms with Crippen molar-refractivity contribution in [3.05, 3.63) is 47.5 Å². The Hall–Kier alpha value is -2.68. The molecule has 0 saturated carbocycles. The third-order valence-electron chi connectivity index (χ3n) is 4.25. The first-order valence-corrected chi connectivity index (χ1v) is 7.55. The van der Waals surface area contributed by atoms with Gasteiger partial charge in [-0.3, -0.25) is 0 Å². The van der Waals surface area contributed by atoms with E-state index in [1.165, 1.54) is 12.1 Å². The fourth-order valence-corrected chi connectivity index (χ4v) is 2.85. The van der Waals surface area contributed by atoms with Crippen LogP contribution >= 0.6 is 0 Å². The van der Waals surface area contributed by atoms with Crippen molar-refractivity contribution in [2.24, 2.45) is 0 Å². The quantitative estimate of drug-likeness (QED) is 0.872. The monoisotopic (exact) mass is 311 g/mol. The summed E-state index contributed by atoms with van der Waals surface area (Å²) in [4.78, 5) is 13.0. The third-order valence-corrected chi connectivity index (χ3v) is 4.25. The summed E-state index contributed by atoms with van der Waals surface area (Å²) in [5.74, 6) is 0.242. The maximum Gasteiger partial charge on any atom is 0.225 e. The summed E-state index contributed by atoms with van der Waals surface area (Å²) in [5, 5.41) is 8.81. The molecular formula is C17H18FN5. The standard InChI is InChI=1S/C17H18FN5/c1-12-5-7-20-17(21-12)22(2)15-6-8-23(11-15)14-4-3-13(10-19)16(18)9-14/h3-5,7,9,15H,6,8,11H2,1-2H3. The van der Waals surface area contributed by atoms with E-state index in [2.05, 4.69) is 19.8 Å². The molecule has 1 aliphatic rings. The Labute approximate surface area is 135 Å². The summed E-state index contributed by atoms with van der Waals surface area (Å²) in [5.41, 5.74) is 1.82. The zero-order valence-corrected chi connectivity index (χ0v) is 13.2. The summed E-state index contributed by atoms with van der Waals surface area (Å²) < 4.78 is 13.8. The SMILES string of the molecule is Cc1ccnc(N(C)C2CCN(c3ccc(C#N)c(F)c3)C2)n1. The average Bonchev–Trinajstić information content (AvgIpc) is 3.04. The highest BCUT2D eigenvalue weighted by molar-refractivity contribution is 5.52. The topological polar surface area (TPSA) is 56.1 Å².